The highest BCUT2D eigenvalue weighted by atomic mass is 14.9. The van der Waals surface area contributed by atoms with Crippen molar-refractivity contribution in [3.8, 4) is 0 Å². The molecular weight excluding hydrogens is 146 g/mol. The van der Waals surface area contributed by atoms with Crippen LogP contribution in [0.3, 0.4) is 0 Å². The van der Waals surface area contributed by atoms with Crippen molar-refractivity contribution in [2.24, 2.45) is 5.92 Å². The average molecular weight is 161 g/mol. The summed E-state index contributed by atoms with van der Waals surface area (Å²) in [5.74, 6) is 0.660. The molecule has 0 unspecified atom stereocenters. The summed E-state index contributed by atoms with van der Waals surface area (Å²) >= 11 is 0. The molecule has 0 bridgehead atoms. The van der Waals surface area contributed by atoms with Crippen LogP contribution in [0, 0.1) is 5.92 Å². The van der Waals surface area contributed by atoms with E-state index in [4.69, 9.17) is 0 Å². The molecule has 1 heterocycles. The minimum Gasteiger partial charge on any atom is -0.384 e. The van der Waals surface area contributed by atoms with Crippen LogP contribution in [0.2, 0.25) is 0 Å². The molecule has 64 valence electrons. The van der Waals surface area contributed by atoms with Crippen molar-refractivity contribution in [1.82, 2.24) is 5.32 Å². The molecule has 1 N–H and O–H groups in total. The predicted octanol–water partition coefficient (Wildman–Crippen LogP) is 2.38. The molecule has 0 aromatic heterocycles. The maximum Gasteiger partial charge on any atom is 0.0543 e. The fraction of sp³-hybridized carbons (Fsp3) is 0.455. The van der Waals surface area contributed by atoms with Gasteiger partial charge in [0.2, 0.25) is 0 Å². The van der Waals surface area contributed by atoms with Gasteiger partial charge in [-0.3, -0.25) is 0 Å². The van der Waals surface area contributed by atoms with Gasteiger partial charge in [-0.15, -0.1) is 0 Å². The second kappa shape index (κ2) is 2.81. The largest absolute Gasteiger partial charge is 0.384 e. The molecule has 0 saturated carbocycles. The third kappa shape index (κ3) is 1.20. The van der Waals surface area contributed by atoms with E-state index < -0.39 is 0 Å². The Balaban J connectivity index is 2.22. The van der Waals surface area contributed by atoms with Crippen molar-refractivity contribution in [1.29, 1.82) is 0 Å². The summed E-state index contributed by atoms with van der Waals surface area (Å²) in [6, 6.07) is 0.562. The minimum absolute atomic E-state index is 0.562. The van der Waals surface area contributed by atoms with Gasteiger partial charge in [-0.1, -0.05) is 26.0 Å². The lowest BCUT2D eigenvalue weighted by Gasteiger charge is -2.19. The Kier molecular flexibility index (Phi) is 1.80. The summed E-state index contributed by atoms with van der Waals surface area (Å²) in [6.45, 7) is 4.49. The number of hydrogen-bond acceptors (Lipinski definition) is 1. The summed E-state index contributed by atoms with van der Waals surface area (Å²) in [5, 5.41) is 3.32. The topological polar surface area (TPSA) is 12.0 Å². The summed E-state index contributed by atoms with van der Waals surface area (Å²) in [5.41, 5.74) is 2.93. The first-order valence-corrected chi connectivity index (χ1v) is 4.61. The van der Waals surface area contributed by atoms with Crippen molar-refractivity contribution in [2.75, 3.05) is 0 Å². The van der Waals surface area contributed by atoms with Crippen LogP contribution in [0.25, 0.3) is 0 Å². The quantitative estimate of drug-likeness (QED) is 0.622. The van der Waals surface area contributed by atoms with Gasteiger partial charge in [-0.05, 0) is 35.8 Å². The summed E-state index contributed by atoms with van der Waals surface area (Å²) in [7, 11) is 0. The SMILES string of the molecule is CC(C)C1=CC[C@H]2NC=CC2=C1. The first kappa shape index (κ1) is 7.66. The lowest BCUT2D eigenvalue weighted by atomic mass is 9.91. The van der Waals surface area contributed by atoms with E-state index in [0.717, 1.165) is 6.42 Å². The van der Waals surface area contributed by atoms with E-state index in [-0.39, 0.29) is 0 Å². The Labute approximate surface area is 73.9 Å². The van der Waals surface area contributed by atoms with Crippen LogP contribution >= 0.6 is 0 Å². The molecule has 1 heteroatoms. The highest BCUT2D eigenvalue weighted by Gasteiger charge is 2.18. The van der Waals surface area contributed by atoms with E-state index in [0.29, 0.717) is 12.0 Å². The molecule has 0 amide bonds. The van der Waals surface area contributed by atoms with Gasteiger partial charge < -0.3 is 5.32 Å². The molecule has 1 aliphatic carbocycles. The fourth-order valence-corrected chi connectivity index (χ4v) is 1.73. The molecule has 1 nitrogen and oxygen atoms in total. The maximum absolute atomic E-state index is 3.32. The molecule has 0 aromatic rings. The molecule has 0 fully saturated rings. The van der Waals surface area contributed by atoms with Crippen LogP contribution < -0.4 is 5.32 Å². The van der Waals surface area contributed by atoms with Crippen molar-refractivity contribution in [3.63, 3.8) is 0 Å². The van der Waals surface area contributed by atoms with E-state index >= 15 is 0 Å². The number of rotatable bonds is 1. The smallest absolute Gasteiger partial charge is 0.0543 e. The molecule has 12 heavy (non-hydrogen) atoms. The molecule has 0 spiro atoms. The minimum atomic E-state index is 0.562. The number of fused-ring (bicyclic) bond motifs is 1. The molecular formula is C11H15N. The highest BCUT2D eigenvalue weighted by Crippen LogP contribution is 2.25. The van der Waals surface area contributed by atoms with Gasteiger partial charge in [-0.25, -0.2) is 0 Å². The molecule has 1 atom stereocenters. The van der Waals surface area contributed by atoms with E-state index in [2.05, 4.69) is 37.4 Å². The Hall–Kier alpha value is -0.980. The first-order valence-electron chi connectivity index (χ1n) is 4.61. The molecule has 2 aliphatic rings. The Bertz CT molecular complexity index is 269. The van der Waals surface area contributed by atoms with Gasteiger partial charge in [-0.2, -0.15) is 0 Å². The molecule has 0 radical (unpaired) electrons. The summed E-state index contributed by atoms with van der Waals surface area (Å²) < 4.78 is 0. The van der Waals surface area contributed by atoms with Gasteiger partial charge in [0.1, 0.15) is 0 Å². The monoisotopic (exact) mass is 161 g/mol. The average Bonchev–Trinajstić information content (AvgIpc) is 2.49. The summed E-state index contributed by atoms with van der Waals surface area (Å²) in [6.07, 6.45) is 10.0. The summed E-state index contributed by atoms with van der Waals surface area (Å²) in [4.78, 5) is 0. The Morgan fingerprint density at radius 2 is 2.33 bits per heavy atom. The van der Waals surface area contributed by atoms with Gasteiger partial charge >= 0.3 is 0 Å². The molecule has 0 saturated heterocycles. The van der Waals surface area contributed by atoms with Gasteiger partial charge in [0.15, 0.2) is 0 Å². The van der Waals surface area contributed by atoms with Crippen LogP contribution in [0.5, 0.6) is 0 Å². The third-order valence-electron chi connectivity index (χ3n) is 2.56. The van der Waals surface area contributed by atoms with Crippen LogP contribution in [0.1, 0.15) is 20.3 Å². The maximum atomic E-state index is 3.32. The number of allylic oxidation sites excluding steroid dienone is 2. The van der Waals surface area contributed by atoms with Crippen LogP contribution in [-0.2, 0) is 0 Å². The lowest BCUT2D eigenvalue weighted by molar-refractivity contribution is 0.682. The predicted molar refractivity (Wildman–Crippen MR) is 51.7 cm³/mol. The van der Waals surface area contributed by atoms with E-state index in [1.807, 2.05) is 6.20 Å². The van der Waals surface area contributed by atoms with E-state index in [1.54, 1.807) is 0 Å². The normalized spacial score (nSPS) is 26.4. The van der Waals surface area contributed by atoms with Crippen molar-refractivity contribution in [3.05, 3.63) is 35.6 Å². The number of hydrogen-bond donors (Lipinski definition) is 1. The molecule has 0 aromatic carbocycles. The highest BCUT2D eigenvalue weighted by molar-refractivity contribution is 5.41. The molecule has 1 aliphatic heterocycles. The Morgan fingerprint density at radius 1 is 1.50 bits per heavy atom. The zero-order valence-corrected chi connectivity index (χ0v) is 7.67. The van der Waals surface area contributed by atoms with Crippen LogP contribution in [0.4, 0.5) is 0 Å². The first-order chi connectivity index (χ1) is 5.77. The van der Waals surface area contributed by atoms with E-state index in [9.17, 15) is 0 Å². The van der Waals surface area contributed by atoms with Gasteiger partial charge in [0.05, 0.1) is 6.04 Å². The zero-order chi connectivity index (χ0) is 8.55. The molecule has 2 rings (SSSR count). The zero-order valence-electron chi connectivity index (χ0n) is 7.67. The van der Waals surface area contributed by atoms with Crippen LogP contribution in [-0.4, -0.2) is 6.04 Å². The van der Waals surface area contributed by atoms with Crippen molar-refractivity contribution >= 4 is 0 Å². The lowest BCUT2D eigenvalue weighted by Crippen LogP contribution is -2.22. The van der Waals surface area contributed by atoms with E-state index in [1.165, 1.54) is 11.1 Å². The van der Waals surface area contributed by atoms with Gasteiger partial charge in [0, 0.05) is 0 Å². The second-order valence-electron chi connectivity index (χ2n) is 3.79. The van der Waals surface area contributed by atoms with Crippen molar-refractivity contribution < 1.29 is 0 Å². The second-order valence-corrected chi connectivity index (χ2v) is 3.79. The van der Waals surface area contributed by atoms with Crippen LogP contribution in [0.15, 0.2) is 35.6 Å². The Morgan fingerprint density at radius 3 is 3.08 bits per heavy atom. The number of nitrogens with one attached hydrogen (secondary N) is 1. The van der Waals surface area contributed by atoms with Gasteiger partial charge in [0.25, 0.3) is 0 Å². The third-order valence-corrected chi connectivity index (χ3v) is 2.56. The van der Waals surface area contributed by atoms with Crippen molar-refractivity contribution in [2.45, 2.75) is 26.3 Å². The standard InChI is InChI=1S/C11H15N/c1-8(2)9-3-4-11-10(7-9)5-6-12-11/h3,5-8,11-12H,4H2,1-2H3/t11-/m1/s1. The fourth-order valence-electron chi connectivity index (χ4n) is 1.73.